The average Bonchev–Trinajstić information content (AvgIpc) is 3.20. The highest BCUT2D eigenvalue weighted by Gasteiger charge is 2.15. The number of benzene rings is 2. The number of H-pyrrole nitrogens is 1. The first-order valence-electron chi connectivity index (χ1n) is 9.58. The smallest absolute Gasteiger partial charge is 0.342 e. The number of aromatic amines is 1. The van der Waals surface area contributed by atoms with Crippen LogP contribution in [0.3, 0.4) is 0 Å². The number of hydrogen-bond donors (Lipinski definition) is 2. The first kappa shape index (κ1) is 22.4. The Morgan fingerprint density at radius 2 is 2.06 bits per heavy atom. The zero-order valence-electron chi connectivity index (χ0n) is 17.1. The van der Waals surface area contributed by atoms with E-state index in [1.807, 2.05) is 6.92 Å². The number of thioether (sulfide) groups is 1. The lowest BCUT2D eigenvalue weighted by molar-refractivity contribution is -0.131. The number of nitrogens with one attached hydrogen (secondary N) is 1. The summed E-state index contributed by atoms with van der Waals surface area (Å²) >= 11 is 0.959. The Morgan fingerprint density at radius 1 is 1.26 bits per heavy atom. The standard InChI is InChI=1S/C22H22FN3O4S/c1-3-6-20-24-22(26-25-20)31-19(21(27)28)12-14-9-10-17(18(11-14)29-2)30-13-15-7-4-5-8-16(15)23/h4-5,7-12H,3,6,13H2,1-2H3,(H,27,28)(H,24,25,26)/b19-12-. The van der Waals surface area contributed by atoms with Crippen LogP contribution in [0.5, 0.6) is 11.5 Å². The molecule has 0 spiro atoms. The number of carboxylic acids is 1. The maximum absolute atomic E-state index is 13.8. The van der Waals surface area contributed by atoms with Crippen LogP contribution >= 0.6 is 11.8 Å². The monoisotopic (exact) mass is 443 g/mol. The number of carbonyl (C=O) groups is 1. The van der Waals surface area contributed by atoms with Crippen molar-refractivity contribution in [3.05, 3.63) is 70.1 Å². The van der Waals surface area contributed by atoms with E-state index in [1.54, 1.807) is 36.4 Å². The molecule has 31 heavy (non-hydrogen) atoms. The normalized spacial score (nSPS) is 11.4. The third-order valence-electron chi connectivity index (χ3n) is 4.24. The van der Waals surface area contributed by atoms with Gasteiger partial charge in [0.2, 0.25) is 5.16 Å². The lowest BCUT2D eigenvalue weighted by Gasteiger charge is -2.12. The van der Waals surface area contributed by atoms with E-state index in [-0.39, 0.29) is 17.3 Å². The van der Waals surface area contributed by atoms with Crippen LogP contribution in [-0.2, 0) is 17.8 Å². The average molecular weight is 444 g/mol. The molecule has 0 aliphatic carbocycles. The van der Waals surface area contributed by atoms with Crippen molar-refractivity contribution in [1.82, 2.24) is 15.2 Å². The molecular formula is C22H22FN3O4S. The first-order valence-corrected chi connectivity index (χ1v) is 10.4. The van der Waals surface area contributed by atoms with Crippen LogP contribution in [0.15, 0.2) is 52.5 Å². The van der Waals surface area contributed by atoms with E-state index in [0.717, 1.165) is 24.6 Å². The van der Waals surface area contributed by atoms with E-state index in [9.17, 15) is 14.3 Å². The molecule has 3 aromatic rings. The van der Waals surface area contributed by atoms with Crippen molar-refractivity contribution in [1.29, 1.82) is 0 Å². The Morgan fingerprint density at radius 3 is 2.77 bits per heavy atom. The van der Waals surface area contributed by atoms with E-state index in [0.29, 0.717) is 33.6 Å². The van der Waals surface area contributed by atoms with E-state index < -0.39 is 5.97 Å². The van der Waals surface area contributed by atoms with Gasteiger partial charge in [-0.2, -0.15) is 0 Å². The van der Waals surface area contributed by atoms with Crippen molar-refractivity contribution in [2.45, 2.75) is 31.5 Å². The zero-order chi connectivity index (χ0) is 22.2. The molecule has 7 nitrogen and oxygen atoms in total. The van der Waals surface area contributed by atoms with Crippen LogP contribution < -0.4 is 9.47 Å². The molecule has 0 radical (unpaired) electrons. The molecule has 0 atom stereocenters. The van der Waals surface area contributed by atoms with Gasteiger partial charge in [-0.05, 0) is 48.0 Å². The van der Waals surface area contributed by atoms with Gasteiger partial charge in [0.15, 0.2) is 11.5 Å². The third kappa shape index (κ3) is 6.08. The second-order valence-corrected chi connectivity index (χ2v) is 7.53. The van der Waals surface area contributed by atoms with Crippen molar-refractivity contribution in [2.75, 3.05) is 7.11 Å². The minimum atomic E-state index is -1.09. The molecule has 0 aliphatic rings. The summed E-state index contributed by atoms with van der Waals surface area (Å²) in [7, 11) is 1.48. The van der Waals surface area contributed by atoms with Crippen LogP contribution in [0, 0.1) is 5.82 Å². The number of aromatic nitrogens is 3. The van der Waals surface area contributed by atoms with E-state index >= 15 is 0 Å². The number of ether oxygens (including phenoxy) is 2. The molecule has 0 amide bonds. The van der Waals surface area contributed by atoms with E-state index in [4.69, 9.17) is 9.47 Å². The number of methoxy groups -OCH3 is 1. The zero-order valence-corrected chi connectivity index (χ0v) is 17.9. The lowest BCUT2D eigenvalue weighted by atomic mass is 10.2. The quantitative estimate of drug-likeness (QED) is 0.346. The number of rotatable bonds is 10. The Bertz CT molecular complexity index is 1080. The number of nitrogens with zero attached hydrogens (tertiary/aromatic N) is 2. The highest BCUT2D eigenvalue weighted by atomic mass is 32.2. The molecule has 162 valence electrons. The number of hydrogen-bond acceptors (Lipinski definition) is 6. The Kier molecular flexibility index (Phi) is 7.66. The minimum absolute atomic E-state index is 0.0410. The van der Waals surface area contributed by atoms with Gasteiger partial charge < -0.3 is 14.6 Å². The minimum Gasteiger partial charge on any atom is -0.493 e. The molecule has 3 rings (SSSR count). The highest BCUT2D eigenvalue weighted by molar-refractivity contribution is 8.04. The van der Waals surface area contributed by atoms with E-state index in [2.05, 4.69) is 15.2 Å². The second-order valence-electron chi connectivity index (χ2n) is 6.52. The van der Waals surface area contributed by atoms with Crippen molar-refractivity contribution < 1.29 is 23.8 Å². The second kappa shape index (κ2) is 10.6. The number of aliphatic carboxylic acids is 1. The van der Waals surface area contributed by atoms with Crippen LogP contribution in [0.1, 0.15) is 30.3 Å². The molecule has 0 bridgehead atoms. The van der Waals surface area contributed by atoms with Crippen LogP contribution in [0.4, 0.5) is 4.39 Å². The predicted octanol–water partition coefficient (Wildman–Crippen LogP) is 4.70. The molecule has 2 aromatic carbocycles. The summed E-state index contributed by atoms with van der Waals surface area (Å²) in [5, 5.41) is 16.8. The van der Waals surface area contributed by atoms with E-state index in [1.165, 1.54) is 19.3 Å². The Balaban J connectivity index is 1.77. The SMILES string of the molecule is CCCc1nc(S/C(=C\c2ccc(OCc3ccccc3F)c(OC)c2)C(=O)O)n[nH]1. The van der Waals surface area contributed by atoms with Crippen molar-refractivity contribution in [3.8, 4) is 11.5 Å². The molecular weight excluding hydrogens is 421 g/mol. The van der Waals surface area contributed by atoms with Gasteiger partial charge in [-0.15, -0.1) is 5.10 Å². The number of aryl methyl sites for hydroxylation is 1. The molecule has 2 N–H and O–H groups in total. The summed E-state index contributed by atoms with van der Waals surface area (Å²) in [6.07, 6.45) is 3.16. The summed E-state index contributed by atoms with van der Waals surface area (Å²) in [4.78, 5) is 16.1. The van der Waals surface area contributed by atoms with Gasteiger partial charge in [-0.3, -0.25) is 5.10 Å². The first-order chi connectivity index (χ1) is 15.0. The van der Waals surface area contributed by atoms with Gasteiger partial charge in [-0.1, -0.05) is 31.2 Å². The van der Waals surface area contributed by atoms with Gasteiger partial charge in [0.05, 0.1) is 7.11 Å². The molecule has 1 heterocycles. The number of carboxylic acid groups (broad SMARTS) is 1. The molecule has 0 saturated carbocycles. The van der Waals surface area contributed by atoms with Crippen molar-refractivity contribution in [3.63, 3.8) is 0 Å². The summed E-state index contributed by atoms with van der Waals surface area (Å²) in [5.74, 6) is 0.102. The summed E-state index contributed by atoms with van der Waals surface area (Å²) in [5.41, 5.74) is 1.02. The molecule has 0 aliphatic heterocycles. The fourth-order valence-corrected chi connectivity index (χ4v) is 3.45. The van der Waals surface area contributed by atoms with Gasteiger partial charge in [0.1, 0.15) is 23.2 Å². The Labute approximate surface area is 183 Å². The van der Waals surface area contributed by atoms with Crippen LogP contribution in [0.2, 0.25) is 0 Å². The van der Waals surface area contributed by atoms with Crippen molar-refractivity contribution >= 4 is 23.8 Å². The fraction of sp³-hybridized carbons (Fsp3) is 0.227. The molecule has 0 saturated heterocycles. The highest BCUT2D eigenvalue weighted by Crippen LogP contribution is 2.32. The van der Waals surface area contributed by atoms with Crippen LogP contribution in [-0.4, -0.2) is 33.4 Å². The summed E-state index contributed by atoms with van der Waals surface area (Å²) < 4.78 is 24.8. The third-order valence-corrected chi connectivity index (χ3v) is 5.11. The maximum atomic E-state index is 13.8. The fourth-order valence-electron chi connectivity index (χ4n) is 2.72. The van der Waals surface area contributed by atoms with Gasteiger partial charge in [0, 0.05) is 12.0 Å². The van der Waals surface area contributed by atoms with Gasteiger partial charge >= 0.3 is 5.97 Å². The lowest BCUT2D eigenvalue weighted by Crippen LogP contribution is -2.00. The maximum Gasteiger partial charge on any atom is 0.342 e. The topological polar surface area (TPSA) is 97.3 Å². The van der Waals surface area contributed by atoms with Crippen LogP contribution in [0.25, 0.3) is 6.08 Å². The Hall–Kier alpha value is -3.33. The van der Waals surface area contributed by atoms with Gasteiger partial charge in [0.25, 0.3) is 0 Å². The summed E-state index contributed by atoms with van der Waals surface area (Å²) in [6, 6.07) is 11.4. The largest absolute Gasteiger partial charge is 0.493 e. The summed E-state index contributed by atoms with van der Waals surface area (Å²) in [6.45, 7) is 2.06. The molecule has 0 unspecified atom stereocenters. The van der Waals surface area contributed by atoms with Crippen molar-refractivity contribution in [2.24, 2.45) is 0 Å². The predicted molar refractivity (Wildman–Crippen MR) is 116 cm³/mol. The number of halogens is 1. The molecule has 0 fully saturated rings. The van der Waals surface area contributed by atoms with Gasteiger partial charge in [-0.25, -0.2) is 14.2 Å². The molecule has 9 heteroatoms. The molecule has 1 aromatic heterocycles.